The van der Waals surface area contributed by atoms with Crippen molar-refractivity contribution in [2.45, 2.75) is 38.3 Å². The van der Waals surface area contributed by atoms with Crippen molar-refractivity contribution in [1.29, 1.82) is 0 Å². The van der Waals surface area contributed by atoms with Crippen molar-refractivity contribution >= 4 is 23.7 Å². The highest BCUT2D eigenvalue weighted by Crippen LogP contribution is 2.44. The third-order valence-corrected chi connectivity index (χ3v) is 7.44. The molecule has 4 aromatic rings. The van der Waals surface area contributed by atoms with Crippen molar-refractivity contribution in [1.82, 2.24) is 5.32 Å². The van der Waals surface area contributed by atoms with Crippen molar-refractivity contribution in [2.75, 3.05) is 25.6 Å². The van der Waals surface area contributed by atoms with E-state index in [1.165, 1.54) is 7.11 Å². The van der Waals surface area contributed by atoms with E-state index in [4.69, 9.17) is 14.2 Å². The number of anilines is 1. The van der Waals surface area contributed by atoms with E-state index in [9.17, 15) is 14.4 Å². The van der Waals surface area contributed by atoms with E-state index in [0.29, 0.717) is 22.4 Å². The third kappa shape index (κ3) is 7.81. The lowest BCUT2D eigenvalue weighted by Gasteiger charge is -2.25. The van der Waals surface area contributed by atoms with Crippen molar-refractivity contribution in [3.05, 3.63) is 125 Å². The molecule has 0 saturated carbocycles. The second-order valence-electron chi connectivity index (χ2n) is 11.8. The normalized spacial score (nSPS) is 12.5. The Bertz CT molecular complexity index is 1770. The molecule has 4 aromatic carbocycles. The first-order valence-electron chi connectivity index (χ1n) is 15.0. The highest BCUT2D eigenvalue weighted by molar-refractivity contribution is 5.97. The standard InChI is InChI=1S/C38H36N2O6/c1-38(2,3)46-24-34(40-37(43)45-23-33-31-18-9-7-16-29(31)30-17-8-10-19-32(30)33)35(41)39-27-14-11-12-25(22-27)20-21-26-13-5-6-15-28(26)36(42)44-4/h5-19,22,33-34H,23-24H2,1-4H3,(H,39,41)(H,40,43)/t34-/m0/s1. The van der Waals surface area contributed by atoms with Gasteiger partial charge >= 0.3 is 12.1 Å². The second kappa shape index (κ2) is 14.1. The fraction of sp³-hybridized carbons (Fsp3) is 0.237. The van der Waals surface area contributed by atoms with E-state index in [0.717, 1.165) is 22.3 Å². The lowest BCUT2D eigenvalue weighted by Crippen LogP contribution is -2.48. The van der Waals surface area contributed by atoms with E-state index < -0.39 is 29.6 Å². The number of fused-ring (bicyclic) bond motifs is 3. The zero-order valence-corrected chi connectivity index (χ0v) is 26.3. The molecule has 8 heteroatoms. The number of benzene rings is 4. The Kier molecular flexibility index (Phi) is 9.85. The summed E-state index contributed by atoms with van der Waals surface area (Å²) in [5.41, 5.74) is 5.88. The first kappa shape index (κ1) is 32.0. The molecule has 2 N–H and O–H groups in total. The van der Waals surface area contributed by atoms with Crippen LogP contribution >= 0.6 is 0 Å². The first-order chi connectivity index (χ1) is 22.1. The SMILES string of the molecule is COC(=O)c1ccccc1C#Cc1cccc(NC(=O)[C@H](COC(C)(C)C)NC(=O)OCC2c3ccccc3-c3ccccc32)c1. The van der Waals surface area contributed by atoms with E-state index in [1.807, 2.05) is 57.2 Å². The molecule has 1 atom stereocenters. The zero-order valence-electron chi connectivity index (χ0n) is 26.3. The van der Waals surface area contributed by atoms with Gasteiger partial charge in [-0.3, -0.25) is 4.79 Å². The largest absolute Gasteiger partial charge is 0.465 e. The fourth-order valence-corrected chi connectivity index (χ4v) is 5.22. The molecule has 1 aliphatic carbocycles. The molecule has 5 rings (SSSR count). The van der Waals surface area contributed by atoms with E-state index >= 15 is 0 Å². The van der Waals surface area contributed by atoms with E-state index in [2.05, 4.69) is 34.6 Å². The Hall–Kier alpha value is -5.39. The van der Waals surface area contributed by atoms with Gasteiger partial charge in [0, 0.05) is 22.7 Å². The van der Waals surface area contributed by atoms with Crippen molar-refractivity contribution < 1.29 is 28.6 Å². The average Bonchev–Trinajstić information content (AvgIpc) is 3.37. The summed E-state index contributed by atoms with van der Waals surface area (Å²) >= 11 is 0. The van der Waals surface area contributed by atoms with Crippen LogP contribution in [0.2, 0.25) is 0 Å². The van der Waals surface area contributed by atoms with Gasteiger partial charge in [0.05, 0.1) is 24.9 Å². The number of alkyl carbamates (subject to hydrolysis) is 1. The van der Waals surface area contributed by atoms with Gasteiger partial charge in [0.1, 0.15) is 12.6 Å². The smallest absolute Gasteiger partial charge is 0.407 e. The van der Waals surface area contributed by atoms with Crippen molar-refractivity contribution in [3.8, 4) is 23.0 Å². The van der Waals surface area contributed by atoms with Crippen LogP contribution in [0.25, 0.3) is 11.1 Å². The molecule has 0 bridgehead atoms. The molecular formula is C38H36N2O6. The zero-order chi connectivity index (χ0) is 32.7. The van der Waals surface area contributed by atoms with Crippen LogP contribution in [0.1, 0.15) is 59.3 Å². The highest BCUT2D eigenvalue weighted by atomic mass is 16.6. The number of hydrogen-bond donors (Lipinski definition) is 2. The monoisotopic (exact) mass is 616 g/mol. The lowest BCUT2D eigenvalue weighted by molar-refractivity contribution is -0.121. The number of carbonyl (C=O) groups is 3. The average molecular weight is 617 g/mol. The van der Waals surface area contributed by atoms with Crippen molar-refractivity contribution in [3.63, 3.8) is 0 Å². The summed E-state index contributed by atoms with van der Waals surface area (Å²) < 4.78 is 16.4. The third-order valence-electron chi connectivity index (χ3n) is 7.44. The van der Waals surface area contributed by atoms with Gasteiger partial charge < -0.3 is 24.8 Å². The minimum atomic E-state index is -1.03. The topological polar surface area (TPSA) is 103 Å². The van der Waals surface area contributed by atoms with Crippen LogP contribution in [-0.2, 0) is 19.0 Å². The van der Waals surface area contributed by atoms with Crippen LogP contribution in [0.4, 0.5) is 10.5 Å². The Balaban J connectivity index is 1.27. The predicted octanol–water partition coefficient (Wildman–Crippen LogP) is 6.53. The molecule has 0 radical (unpaired) electrons. The summed E-state index contributed by atoms with van der Waals surface area (Å²) in [7, 11) is 1.32. The van der Waals surface area contributed by atoms with Gasteiger partial charge in [0.25, 0.3) is 0 Å². The minimum Gasteiger partial charge on any atom is -0.465 e. The molecule has 1 aliphatic rings. The fourth-order valence-electron chi connectivity index (χ4n) is 5.22. The molecule has 0 aliphatic heterocycles. The number of rotatable bonds is 8. The number of amides is 2. The van der Waals surface area contributed by atoms with Crippen LogP contribution in [0.15, 0.2) is 97.1 Å². The van der Waals surface area contributed by atoms with Gasteiger partial charge in [-0.1, -0.05) is 78.6 Å². The van der Waals surface area contributed by atoms with Crippen molar-refractivity contribution in [2.24, 2.45) is 0 Å². The maximum absolute atomic E-state index is 13.4. The number of hydrogen-bond acceptors (Lipinski definition) is 6. The molecule has 0 aromatic heterocycles. The summed E-state index contributed by atoms with van der Waals surface area (Å²) in [4.78, 5) is 38.6. The maximum atomic E-state index is 13.4. The Morgan fingerprint density at radius 3 is 2.15 bits per heavy atom. The van der Waals surface area contributed by atoms with E-state index in [1.54, 1.807) is 48.5 Å². The first-order valence-corrected chi connectivity index (χ1v) is 15.0. The summed E-state index contributed by atoms with van der Waals surface area (Å²) in [6, 6.07) is 29.0. The lowest BCUT2D eigenvalue weighted by atomic mass is 9.98. The molecule has 0 saturated heterocycles. The molecule has 2 amide bonds. The quantitative estimate of drug-likeness (QED) is 0.172. The van der Waals surface area contributed by atoms with Gasteiger partial charge in [-0.15, -0.1) is 0 Å². The van der Waals surface area contributed by atoms with Gasteiger partial charge in [0.2, 0.25) is 5.91 Å². The van der Waals surface area contributed by atoms with Gasteiger partial charge in [0.15, 0.2) is 0 Å². The molecule has 8 nitrogen and oxygen atoms in total. The van der Waals surface area contributed by atoms with Crippen LogP contribution in [0.5, 0.6) is 0 Å². The number of methoxy groups -OCH3 is 1. The summed E-state index contributed by atoms with van der Waals surface area (Å²) in [5, 5.41) is 5.55. The van der Waals surface area contributed by atoms with E-state index in [-0.39, 0.29) is 19.1 Å². The molecule has 0 spiro atoms. The Labute approximate surface area is 269 Å². The Morgan fingerprint density at radius 1 is 0.826 bits per heavy atom. The number of nitrogens with one attached hydrogen (secondary N) is 2. The van der Waals surface area contributed by atoms with Crippen LogP contribution in [-0.4, -0.2) is 49.9 Å². The molecular weight excluding hydrogens is 580 g/mol. The molecule has 0 unspecified atom stereocenters. The summed E-state index contributed by atoms with van der Waals surface area (Å²) in [5.74, 6) is 4.98. The van der Waals surface area contributed by atoms with Crippen LogP contribution in [0.3, 0.4) is 0 Å². The summed E-state index contributed by atoms with van der Waals surface area (Å²) in [6.07, 6.45) is -0.719. The molecule has 0 fully saturated rings. The van der Waals surface area contributed by atoms with Crippen LogP contribution < -0.4 is 10.6 Å². The highest BCUT2D eigenvalue weighted by Gasteiger charge is 2.30. The van der Waals surface area contributed by atoms with Gasteiger partial charge in [-0.25, -0.2) is 9.59 Å². The number of carbonyl (C=O) groups excluding carboxylic acids is 3. The summed E-state index contributed by atoms with van der Waals surface area (Å²) in [6.45, 7) is 5.67. The predicted molar refractivity (Wildman–Crippen MR) is 177 cm³/mol. The van der Waals surface area contributed by atoms with Gasteiger partial charge in [-0.2, -0.15) is 0 Å². The number of esters is 1. The second-order valence-corrected chi connectivity index (χ2v) is 11.8. The van der Waals surface area contributed by atoms with Gasteiger partial charge in [-0.05, 0) is 73.4 Å². The minimum absolute atomic E-state index is 0.0661. The molecule has 46 heavy (non-hydrogen) atoms. The number of ether oxygens (including phenoxy) is 3. The molecule has 0 heterocycles. The maximum Gasteiger partial charge on any atom is 0.407 e. The Morgan fingerprint density at radius 2 is 1.48 bits per heavy atom. The molecule has 234 valence electrons. The van der Waals surface area contributed by atoms with Crippen LogP contribution in [0, 0.1) is 11.8 Å².